The van der Waals surface area contributed by atoms with Crippen LogP contribution in [0.5, 0.6) is 0 Å². The van der Waals surface area contributed by atoms with Gasteiger partial charge in [-0.25, -0.2) is 30.6 Å². The molecule has 0 spiro atoms. The van der Waals surface area contributed by atoms with Crippen molar-refractivity contribution in [1.82, 2.24) is 29.9 Å². The zero-order valence-electron chi connectivity index (χ0n) is 38.4. The number of aromatic nitrogens is 5. The van der Waals surface area contributed by atoms with Gasteiger partial charge in [-0.1, -0.05) is 41.8 Å². The van der Waals surface area contributed by atoms with Crippen LogP contribution < -0.4 is 10.0 Å². The summed E-state index contributed by atoms with van der Waals surface area (Å²) in [5, 5.41) is 9.01. The predicted octanol–water partition coefficient (Wildman–Crippen LogP) is 8.60. The first-order valence-corrected chi connectivity index (χ1v) is 26.9. The Kier molecular flexibility index (Phi) is 14.6. The van der Waals surface area contributed by atoms with Crippen molar-refractivity contribution < 1.29 is 78.5 Å². The van der Waals surface area contributed by atoms with Crippen LogP contribution in [0, 0.1) is 29.4 Å². The van der Waals surface area contributed by atoms with E-state index in [4.69, 9.17) is 16.2 Å². The molecule has 3 aromatic heterocycles. The van der Waals surface area contributed by atoms with Crippen LogP contribution in [0.1, 0.15) is 66.1 Å². The third-order valence-corrected chi connectivity index (χ3v) is 15.4. The van der Waals surface area contributed by atoms with E-state index in [1.165, 1.54) is 44.2 Å². The second kappa shape index (κ2) is 19.5. The van der Waals surface area contributed by atoms with Crippen molar-refractivity contribution in [2.24, 2.45) is 5.92 Å². The maximum atomic E-state index is 15.5. The quantitative estimate of drug-likeness (QED) is 0.0600. The lowest BCUT2D eigenvalue weighted by atomic mass is 9.93. The van der Waals surface area contributed by atoms with Crippen LogP contribution >= 0.6 is 11.6 Å². The highest BCUT2D eigenvalue weighted by molar-refractivity contribution is 7.92. The van der Waals surface area contributed by atoms with E-state index < -0.39 is 136 Å². The maximum absolute atomic E-state index is 15.5. The van der Waals surface area contributed by atoms with Crippen molar-refractivity contribution in [2.75, 3.05) is 17.2 Å². The Bertz CT molecular complexity index is 3620. The Hall–Kier alpha value is -6.28. The Morgan fingerprint density at radius 1 is 0.892 bits per heavy atom. The van der Waals surface area contributed by atoms with E-state index in [-0.39, 0.29) is 54.5 Å². The van der Waals surface area contributed by atoms with Crippen molar-refractivity contribution in [3.63, 3.8) is 0 Å². The minimum atomic E-state index is -5.19. The molecule has 2 aliphatic carbocycles. The Balaban J connectivity index is 0.000000716. The van der Waals surface area contributed by atoms with Crippen molar-refractivity contribution in [3.05, 3.63) is 123 Å². The zero-order valence-corrected chi connectivity index (χ0v) is 41.6. The molecule has 1 unspecified atom stereocenters. The van der Waals surface area contributed by atoms with E-state index in [0.717, 1.165) is 24.5 Å². The number of carbonyl (C=O) groups is 1. The van der Waals surface area contributed by atoms with Gasteiger partial charge >= 0.3 is 12.4 Å². The number of anilines is 1. The minimum absolute atomic E-state index is 0.0741. The molecule has 1 amide bonds. The van der Waals surface area contributed by atoms with Crippen LogP contribution in [0.2, 0.25) is 5.02 Å². The summed E-state index contributed by atoms with van der Waals surface area (Å²) in [4.78, 5) is 18.4. The third kappa shape index (κ3) is 12.1. The van der Waals surface area contributed by atoms with Crippen LogP contribution in [0.25, 0.3) is 22.0 Å². The van der Waals surface area contributed by atoms with E-state index in [0.29, 0.717) is 17.0 Å². The number of sulfone groups is 1. The van der Waals surface area contributed by atoms with Gasteiger partial charge in [-0.3, -0.25) is 23.4 Å². The van der Waals surface area contributed by atoms with E-state index in [9.17, 15) is 65.2 Å². The fourth-order valence-corrected chi connectivity index (χ4v) is 9.59. The first kappa shape index (κ1) is 55.5. The number of amides is 1. The van der Waals surface area contributed by atoms with Crippen LogP contribution in [-0.2, 0) is 66.4 Å². The van der Waals surface area contributed by atoms with E-state index >= 15 is 8.78 Å². The second-order valence-electron chi connectivity index (χ2n) is 17.7. The van der Waals surface area contributed by atoms with Gasteiger partial charge in [0.1, 0.15) is 40.9 Å². The molecule has 74 heavy (non-hydrogen) atoms. The molecule has 0 bridgehead atoms. The SMILES string of the molecule is CC(C)(C#Cc1ccc(-c2ccc(Cl)c3c(NS(C)(=O)=O)nn(CC(F)(F)F)c23)c(C(Cc2cc(F)cc(F)c2)NC(=O)Cn2nc(C(F)(F)F)c3c2C(F)(F)[C@@H]2C[C@H]32)n1)S(C)(=O)=O.O=S(=O)(O)c1ccccc1. The summed E-state index contributed by atoms with van der Waals surface area (Å²) in [6.07, 6.45) is -9.46. The number of hydrogen-bond acceptors (Lipinski definition) is 10. The highest BCUT2D eigenvalue weighted by Crippen LogP contribution is 2.68. The van der Waals surface area contributed by atoms with Crippen LogP contribution in [-0.4, -0.2) is 83.7 Å². The van der Waals surface area contributed by atoms with E-state index in [1.54, 1.807) is 18.2 Å². The maximum Gasteiger partial charge on any atom is 0.435 e. The third-order valence-electron chi connectivity index (χ3n) is 11.6. The number of benzene rings is 3. The molecule has 0 radical (unpaired) electrons. The Morgan fingerprint density at radius 3 is 2.07 bits per heavy atom. The summed E-state index contributed by atoms with van der Waals surface area (Å²) in [7, 11) is -12.1. The molecule has 2 aliphatic rings. The molecule has 29 heteroatoms. The Labute approximate surface area is 420 Å². The number of nitrogens with zero attached hydrogens (tertiary/aromatic N) is 5. The lowest BCUT2D eigenvalue weighted by Crippen LogP contribution is -2.35. The monoisotopic (exact) mass is 1130 g/mol. The highest BCUT2D eigenvalue weighted by Gasteiger charge is 2.68. The molecular weight excluding hydrogens is 1090 g/mol. The fourth-order valence-electron chi connectivity index (χ4n) is 8.12. The van der Waals surface area contributed by atoms with Gasteiger partial charge in [0.2, 0.25) is 15.9 Å². The van der Waals surface area contributed by atoms with Gasteiger partial charge in [0, 0.05) is 34.9 Å². The lowest BCUT2D eigenvalue weighted by Gasteiger charge is -2.23. The van der Waals surface area contributed by atoms with Gasteiger partial charge < -0.3 is 5.32 Å². The molecule has 15 nitrogen and oxygen atoms in total. The lowest BCUT2D eigenvalue weighted by molar-refractivity contribution is -0.142. The average molecular weight is 1130 g/mol. The van der Waals surface area contributed by atoms with Crippen LogP contribution in [0.4, 0.5) is 49.7 Å². The summed E-state index contributed by atoms with van der Waals surface area (Å²) in [6.45, 7) is -0.547. The molecule has 3 aromatic carbocycles. The highest BCUT2D eigenvalue weighted by atomic mass is 35.5. The van der Waals surface area contributed by atoms with Gasteiger partial charge in [-0.2, -0.15) is 53.7 Å². The first-order valence-electron chi connectivity index (χ1n) is 21.3. The molecule has 1 fully saturated rings. The number of rotatable bonds is 12. The number of hydrogen-bond donors (Lipinski definition) is 3. The van der Waals surface area contributed by atoms with Gasteiger partial charge in [0.15, 0.2) is 21.3 Å². The molecule has 8 rings (SSSR count). The smallest absolute Gasteiger partial charge is 0.346 e. The summed E-state index contributed by atoms with van der Waals surface area (Å²) in [5.41, 5.74) is -5.17. The number of sulfonamides is 1. The van der Waals surface area contributed by atoms with Crippen LogP contribution in [0.3, 0.4) is 0 Å². The van der Waals surface area contributed by atoms with Crippen molar-refractivity contribution in [1.29, 1.82) is 0 Å². The summed E-state index contributed by atoms with van der Waals surface area (Å²) in [6, 6.07) is 12.7. The van der Waals surface area contributed by atoms with Gasteiger partial charge in [0.05, 0.1) is 38.8 Å². The number of nitrogens with one attached hydrogen (secondary N) is 2. The molecule has 396 valence electrons. The first-order chi connectivity index (χ1) is 33.9. The number of pyridine rings is 1. The molecule has 0 aliphatic heterocycles. The number of halogens is 11. The Morgan fingerprint density at radius 2 is 1.51 bits per heavy atom. The molecule has 3 N–H and O–H groups in total. The predicted molar refractivity (Wildman–Crippen MR) is 247 cm³/mol. The van der Waals surface area contributed by atoms with E-state index in [1.807, 2.05) is 4.72 Å². The summed E-state index contributed by atoms with van der Waals surface area (Å²) < 4.78 is 225. The number of carbonyl (C=O) groups excluding carboxylic acids is 1. The van der Waals surface area contributed by atoms with Gasteiger partial charge in [-0.15, -0.1) is 0 Å². The van der Waals surface area contributed by atoms with Crippen molar-refractivity contribution in [3.8, 4) is 23.0 Å². The van der Waals surface area contributed by atoms with Crippen molar-refractivity contribution >= 4 is 64.2 Å². The molecule has 3 atom stereocenters. The largest absolute Gasteiger partial charge is 0.435 e. The minimum Gasteiger partial charge on any atom is -0.346 e. The van der Waals surface area contributed by atoms with Gasteiger partial charge in [-0.05, 0) is 86.6 Å². The molecule has 0 saturated heterocycles. The molecule has 6 aromatic rings. The standard InChI is InChI=1S/C39H32ClF10N7O5S2.C6H6O3S/c1-36(2,63(3,59)60)10-9-21-5-6-22(23-7-8-26(40)30-32(23)57(17-37(43,44)45)54-35(30)55-64(4,61)62)31(51-21)27(13-18-11-19(41)14-20(42)12-18)52-28(58)16-56-34-29(33(53-56)39(48,49)50)24-15-25(24)38(34,46)47;7-10(8,9)6-4-2-1-3-5-6/h5-8,11-12,14,24-25,27H,13,15-17H2,1-4H3,(H,52,58)(H,54,55);1-5H,(H,7,8,9)/t24-,25+,27?;/m0./s1. The normalized spacial score (nSPS) is 16.8. The number of fused-ring (bicyclic) bond motifs is 4. The summed E-state index contributed by atoms with van der Waals surface area (Å²) >= 11 is 6.46. The summed E-state index contributed by atoms with van der Waals surface area (Å²) in [5.74, 6) is -5.43. The zero-order chi connectivity index (χ0) is 54.9. The molecule has 3 heterocycles. The molecule has 1 saturated carbocycles. The second-order valence-corrected chi connectivity index (χ2v) is 23.8. The van der Waals surface area contributed by atoms with Gasteiger partial charge in [0.25, 0.3) is 16.0 Å². The van der Waals surface area contributed by atoms with E-state index in [2.05, 4.69) is 32.3 Å². The average Bonchev–Trinajstić information content (AvgIpc) is 3.78. The van der Waals surface area contributed by atoms with Crippen LogP contribution in [0.15, 0.2) is 77.7 Å². The molecular formula is C45H38ClF10N7O8S3. The topological polar surface area (TPSA) is 212 Å². The number of alkyl halides is 8. The fraction of sp³-hybridized carbons (Fsp3) is 0.333. The van der Waals surface area contributed by atoms with Crippen molar-refractivity contribution in [2.45, 2.75) is 79.7 Å².